The molecule has 0 radical (unpaired) electrons. The van der Waals surface area contributed by atoms with E-state index in [1.54, 1.807) is 0 Å². The number of rotatable bonds is 4. The molecule has 1 saturated heterocycles. The van der Waals surface area contributed by atoms with Crippen molar-refractivity contribution in [1.29, 1.82) is 0 Å². The lowest BCUT2D eigenvalue weighted by Crippen LogP contribution is -2.34. The predicted molar refractivity (Wildman–Crippen MR) is 97.6 cm³/mol. The SMILES string of the molecule is Cc1ccc(CNC(=O)Nc2nnc(N3CCCC(C)C3)s2)cc1. The zero-order valence-corrected chi connectivity index (χ0v) is 14.9. The van der Waals surface area contributed by atoms with Crippen LogP contribution >= 0.6 is 11.3 Å². The second-order valence-corrected chi connectivity index (χ2v) is 7.33. The summed E-state index contributed by atoms with van der Waals surface area (Å²) >= 11 is 1.43. The molecule has 0 spiro atoms. The van der Waals surface area contributed by atoms with E-state index in [0.29, 0.717) is 17.6 Å². The number of aromatic nitrogens is 2. The van der Waals surface area contributed by atoms with Crippen LogP contribution in [0.1, 0.15) is 30.9 Å². The van der Waals surface area contributed by atoms with E-state index in [1.807, 2.05) is 31.2 Å². The van der Waals surface area contributed by atoms with Crippen LogP contribution in [0.15, 0.2) is 24.3 Å². The van der Waals surface area contributed by atoms with Crippen molar-refractivity contribution in [3.05, 3.63) is 35.4 Å². The minimum Gasteiger partial charge on any atom is -0.346 e. The van der Waals surface area contributed by atoms with Crippen LogP contribution in [0.4, 0.5) is 15.1 Å². The summed E-state index contributed by atoms with van der Waals surface area (Å²) in [7, 11) is 0. The maximum absolute atomic E-state index is 12.0. The molecule has 2 aromatic rings. The van der Waals surface area contributed by atoms with E-state index in [-0.39, 0.29) is 6.03 Å². The molecule has 0 aliphatic carbocycles. The third-order valence-corrected chi connectivity index (χ3v) is 5.04. The van der Waals surface area contributed by atoms with Crippen molar-refractivity contribution < 1.29 is 4.79 Å². The Hall–Kier alpha value is -2.15. The van der Waals surface area contributed by atoms with Crippen LogP contribution in [0, 0.1) is 12.8 Å². The van der Waals surface area contributed by atoms with Gasteiger partial charge < -0.3 is 10.2 Å². The molecule has 2 amide bonds. The number of nitrogens with one attached hydrogen (secondary N) is 2. The van der Waals surface area contributed by atoms with Crippen molar-refractivity contribution >= 4 is 27.6 Å². The number of nitrogens with zero attached hydrogens (tertiary/aromatic N) is 3. The van der Waals surface area contributed by atoms with Crippen LogP contribution in [0.5, 0.6) is 0 Å². The number of hydrogen-bond donors (Lipinski definition) is 2. The minimum absolute atomic E-state index is 0.259. The van der Waals surface area contributed by atoms with Gasteiger partial charge in [-0.2, -0.15) is 0 Å². The van der Waals surface area contributed by atoms with Gasteiger partial charge in [0.15, 0.2) is 0 Å². The van der Waals surface area contributed by atoms with E-state index in [2.05, 4.69) is 32.7 Å². The van der Waals surface area contributed by atoms with E-state index in [0.717, 1.165) is 23.8 Å². The van der Waals surface area contributed by atoms with Gasteiger partial charge in [-0.3, -0.25) is 5.32 Å². The number of hydrogen-bond acceptors (Lipinski definition) is 5. The maximum atomic E-state index is 12.0. The van der Waals surface area contributed by atoms with Crippen LogP contribution < -0.4 is 15.5 Å². The quantitative estimate of drug-likeness (QED) is 0.891. The number of carbonyl (C=O) groups is 1. The van der Waals surface area contributed by atoms with Crippen LogP contribution in [0.2, 0.25) is 0 Å². The fraction of sp³-hybridized carbons (Fsp3) is 0.471. The second kappa shape index (κ2) is 7.61. The lowest BCUT2D eigenvalue weighted by atomic mass is 10.0. The molecule has 6 nitrogen and oxygen atoms in total. The molecule has 128 valence electrons. The number of piperidine rings is 1. The molecule has 1 aliphatic rings. The summed E-state index contributed by atoms with van der Waals surface area (Å²) in [4.78, 5) is 14.2. The first kappa shape index (κ1) is 16.7. The van der Waals surface area contributed by atoms with Crippen LogP contribution in [-0.4, -0.2) is 29.3 Å². The van der Waals surface area contributed by atoms with Crippen molar-refractivity contribution in [1.82, 2.24) is 15.5 Å². The van der Waals surface area contributed by atoms with Crippen LogP contribution in [-0.2, 0) is 6.54 Å². The van der Waals surface area contributed by atoms with E-state index in [9.17, 15) is 4.79 Å². The molecule has 1 aliphatic heterocycles. The van der Waals surface area contributed by atoms with Gasteiger partial charge in [-0.25, -0.2) is 4.79 Å². The van der Waals surface area contributed by atoms with Gasteiger partial charge in [-0.15, -0.1) is 10.2 Å². The van der Waals surface area contributed by atoms with Crippen LogP contribution in [0.25, 0.3) is 0 Å². The van der Waals surface area contributed by atoms with Gasteiger partial charge >= 0.3 is 6.03 Å². The highest BCUT2D eigenvalue weighted by Gasteiger charge is 2.20. The molecule has 1 aromatic carbocycles. The molecule has 0 saturated carbocycles. The summed E-state index contributed by atoms with van der Waals surface area (Å²) in [5.41, 5.74) is 2.27. The smallest absolute Gasteiger partial charge is 0.321 e. The molecule has 2 N–H and O–H groups in total. The maximum Gasteiger partial charge on any atom is 0.321 e. The number of carbonyl (C=O) groups excluding carboxylic acids is 1. The minimum atomic E-state index is -0.259. The predicted octanol–water partition coefficient (Wildman–Crippen LogP) is 3.40. The van der Waals surface area contributed by atoms with E-state index < -0.39 is 0 Å². The molecule has 1 atom stereocenters. The summed E-state index contributed by atoms with van der Waals surface area (Å²) in [6, 6.07) is 7.83. The van der Waals surface area contributed by atoms with Gasteiger partial charge in [0.25, 0.3) is 0 Å². The summed E-state index contributed by atoms with van der Waals surface area (Å²) in [6.07, 6.45) is 2.45. The number of amides is 2. The number of anilines is 2. The molecule has 2 heterocycles. The fourth-order valence-corrected chi connectivity index (χ4v) is 3.56. The Balaban J connectivity index is 1.50. The van der Waals surface area contributed by atoms with Gasteiger partial charge in [0.05, 0.1) is 0 Å². The Morgan fingerprint density at radius 1 is 1.33 bits per heavy atom. The third-order valence-electron chi connectivity index (χ3n) is 4.14. The molecule has 3 rings (SSSR count). The van der Waals surface area contributed by atoms with Gasteiger partial charge in [0.2, 0.25) is 10.3 Å². The molecule has 24 heavy (non-hydrogen) atoms. The molecule has 1 aromatic heterocycles. The zero-order valence-electron chi connectivity index (χ0n) is 14.1. The standard InChI is InChI=1S/C17H23N5OS/c1-12-5-7-14(8-6-12)10-18-15(23)19-16-20-21-17(24-16)22-9-3-4-13(2)11-22/h5-8,13H,3-4,9-11H2,1-2H3,(H2,18,19,20,23). The Bertz CT molecular complexity index is 685. The first-order valence-electron chi connectivity index (χ1n) is 8.29. The largest absolute Gasteiger partial charge is 0.346 e. The molecule has 1 unspecified atom stereocenters. The van der Waals surface area contributed by atoms with E-state index in [1.165, 1.54) is 29.7 Å². The van der Waals surface area contributed by atoms with Crippen molar-refractivity contribution in [2.75, 3.05) is 23.3 Å². The van der Waals surface area contributed by atoms with Gasteiger partial charge in [-0.1, -0.05) is 48.1 Å². The summed E-state index contributed by atoms with van der Waals surface area (Å²) in [6.45, 7) is 6.80. The summed E-state index contributed by atoms with van der Waals surface area (Å²) in [5, 5.41) is 15.3. The van der Waals surface area contributed by atoms with Gasteiger partial charge in [0.1, 0.15) is 0 Å². The lowest BCUT2D eigenvalue weighted by molar-refractivity contribution is 0.251. The Labute approximate surface area is 146 Å². The van der Waals surface area contributed by atoms with Crippen molar-refractivity contribution in [3.8, 4) is 0 Å². The van der Waals surface area contributed by atoms with Crippen LogP contribution in [0.3, 0.4) is 0 Å². The second-order valence-electron chi connectivity index (χ2n) is 6.38. The van der Waals surface area contributed by atoms with Crippen molar-refractivity contribution in [2.45, 2.75) is 33.2 Å². The van der Waals surface area contributed by atoms with E-state index >= 15 is 0 Å². The Morgan fingerprint density at radius 3 is 2.88 bits per heavy atom. The highest BCUT2D eigenvalue weighted by molar-refractivity contribution is 7.19. The summed E-state index contributed by atoms with van der Waals surface area (Å²) < 4.78 is 0. The first-order chi connectivity index (χ1) is 11.6. The first-order valence-corrected chi connectivity index (χ1v) is 9.10. The average Bonchev–Trinajstić information content (AvgIpc) is 3.03. The average molecular weight is 345 g/mol. The molecular formula is C17H23N5OS. The fourth-order valence-electron chi connectivity index (χ4n) is 2.79. The Morgan fingerprint density at radius 2 is 2.12 bits per heavy atom. The number of urea groups is 1. The van der Waals surface area contributed by atoms with Gasteiger partial charge in [0, 0.05) is 19.6 Å². The Kier molecular flexibility index (Phi) is 5.30. The normalized spacial score (nSPS) is 17.6. The van der Waals surface area contributed by atoms with Gasteiger partial charge in [-0.05, 0) is 31.2 Å². The van der Waals surface area contributed by atoms with Crippen molar-refractivity contribution in [2.24, 2.45) is 5.92 Å². The summed E-state index contributed by atoms with van der Waals surface area (Å²) in [5.74, 6) is 0.678. The molecule has 0 bridgehead atoms. The molecule has 7 heteroatoms. The monoisotopic (exact) mass is 345 g/mol. The zero-order chi connectivity index (χ0) is 16.9. The number of benzene rings is 1. The highest BCUT2D eigenvalue weighted by atomic mass is 32.1. The van der Waals surface area contributed by atoms with E-state index in [4.69, 9.17) is 0 Å². The molecular weight excluding hydrogens is 322 g/mol. The third kappa shape index (κ3) is 4.44. The topological polar surface area (TPSA) is 70.1 Å². The number of aryl methyl sites for hydroxylation is 1. The molecule has 1 fully saturated rings. The highest BCUT2D eigenvalue weighted by Crippen LogP contribution is 2.28. The van der Waals surface area contributed by atoms with Crippen molar-refractivity contribution in [3.63, 3.8) is 0 Å². The lowest BCUT2D eigenvalue weighted by Gasteiger charge is -2.29.